The van der Waals surface area contributed by atoms with Crippen LogP contribution in [0.4, 0.5) is 0 Å². The Balaban J connectivity index is 1.30. The number of phenolic OH excluding ortho intramolecular Hbond substituents is 3. The molecule has 0 aliphatic carbocycles. The van der Waals surface area contributed by atoms with Gasteiger partial charge >= 0.3 is 29.3 Å². The van der Waals surface area contributed by atoms with Crippen molar-refractivity contribution in [3.8, 4) is 40.1 Å². The van der Waals surface area contributed by atoms with Gasteiger partial charge in [-0.15, -0.1) is 0 Å². The molecule has 3 heterocycles. The Labute approximate surface area is 332 Å². The number of aromatic hydroxyl groups is 3. The molecule has 10 atom stereocenters. The van der Waals surface area contributed by atoms with Gasteiger partial charge in [0.25, 0.3) is 0 Å². The van der Waals surface area contributed by atoms with Crippen molar-refractivity contribution in [3.05, 3.63) is 78.4 Å². The fourth-order valence-corrected chi connectivity index (χ4v) is 6.09. The summed E-state index contributed by atoms with van der Waals surface area (Å²) < 4.78 is 39.5. The van der Waals surface area contributed by atoms with Gasteiger partial charge in [0.15, 0.2) is 6.29 Å². The molecular weight excluding hydrogens is 788 g/mol. The lowest BCUT2D eigenvalue weighted by atomic mass is 9.94. The van der Waals surface area contributed by atoms with Gasteiger partial charge in [-0.1, -0.05) is 12.1 Å². The molecule has 0 unspecified atom stereocenters. The zero-order chi connectivity index (χ0) is 42.5. The zero-order valence-corrected chi connectivity index (χ0v) is 30.5. The molecule has 3 aromatic carbocycles. The highest BCUT2D eigenvalue weighted by Gasteiger charge is 2.48. The van der Waals surface area contributed by atoms with Crippen molar-refractivity contribution in [2.24, 2.45) is 5.92 Å². The second-order valence-electron chi connectivity index (χ2n) is 13.4. The number of benzene rings is 3. The summed E-state index contributed by atoms with van der Waals surface area (Å²) in [7, 11) is 0. The number of phenols is 3. The number of carboxylic acids is 1. The molecule has 10 N–H and O–H groups in total. The molecule has 2 aliphatic heterocycles. The van der Waals surface area contributed by atoms with Crippen molar-refractivity contribution < 1.29 is 98.3 Å². The summed E-state index contributed by atoms with van der Waals surface area (Å²) >= 11 is 0. The van der Waals surface area contributed by atoms with Crippen molar-refractivity contribution in [3.63, 3.8) is 0 Å². The minimum atomic E-state index is -2.02. The van der Waals surface area contributed by atoms with Crippen LogP contribution in [0.1, 0.15) is 12.0 Å². The predicted octanol–water partition coefficient (Wildman–Crippen LogP) is 0.350. The third-order valence-electron chi connectivity index (χ3n) is 9.22. The van der Waals surface area contributed by atoms with Gasteiger partial charge < -0.3 is 79.5 Å². The van der Waals surface area contributed by atoms with Crippen molar-refractivity contribution in [2.45, 2.75) is 61.9 Å². The fraction of sp³-hybridized carbons (Fsp3) is 0.333. The number of carboxylic acid groups (broad SMARTS) is 1. The van der Waals surface area contributed by atoms with Crippen LogP contribution in [-0.2, 0) is 33.3 Å². The van der Waals surface area contributed by atoms with E-state index in [1.54, 1.807) is 12.1 Å². The Hall–Kier alpha value is -6.10. The van der Waals surface area contributed by atoms with E-state index in [2.05, 4.69) is 0 Å². The van der Waals surface area contributed by atoms with E-state index < -0.39 is 105 Å². The number of ether oxygens (including phenoxy) is 6. The Morgan fingerprint density at radius 1 is 0.678 bits per heavy atom. The third kappa shape index (κ3) is 10.1. The standard InChI is InChI=1S/C39H38O20/c40-19-6-1-17(2-7-19)3-10-29(45)54-16-27-32(48)33(49)35(51)39(58-27)57-26-13-22-24(55-36(26)18-4-8-20(41)9-5-18)11-21(42)12-25(22)56-38-23(15-53-30(46)14-28(43)44)31(47)34(50)37(52)59-38/h1-13,23,27,31-35,37-39,47-52H,14-16H2,(H3-,40,41,42,43,44,45)/p+1/t23-,27-,31-,32-,33+,34+,35-,37+,38+,39-/m0/s1. The molecule has 59 heavy (non-hydrogen) atoms. The maximum Gasteiger partial charge on any atom is 0.402 e. The summed E-state index contributed by atoms with van der Waals surface area (Å²) in [6, 6.07) is 14.9. The summed E-state index contributed by atoms with van der Waals surface area (Å²) in [5.41, 5.74) is 0.733. The number of rotatable bonds is 13. The maximum absolute atomic E-state index is 12.5. The first kappa shape index (κ1) is 42.5. The third-order valence-corrected chi connectivity index (χ3v) is 9.22. The van der Waals surface area contributed by atoms with E-state index in [1.165, 1.54) is 54.6 Å². The summed E-state index contributed by atoms with van der Waals surface area (Å²) in [6.07, 6.45) is -14.9. The van der Waals surface area contributed by atoms with Gasteiger partial charge in [0.05, 0.1) is 23.7 Å². The number of hydrogen-bond donors (Lipinski definition) is 10. The van der Waals surface area contributed by atoms with Crippen LogP contribution in [0.2, 0.25) is 0 Å². The monoisotopic (exact) mass is 827 g/mol. The number of hydrogen-bond acceptors (Lipinski definition) is 18. The summed E-state index contributed by atoms with van der Waals surface area (Å²) in [4.78, 5) is 35.4. The van der Waals surface area contributed by atoms with Gasteiger partial charge in [-0.05, 0) is 48.0 Å². The van der Waals surface area contributed by atoms with Crippen molar-refractivity contribution in [1.29, 1.82) is 0 Å². The van der Waals surface area contributed by atoms with Crippen LogP contribution in [-0.4, -0.2) is 138 Å². The lowest BCUT2D eigenvalue weighted by molar-refractivity contribution is -0.313. The Bertz CT molecular complexity index is 2160. The van der Waals surface area contributed by atoms with E-state index >= 15 is 0 Å². The van der Waals surface area contributed by atoms with Crippen LogP contribution < -0.4 is 9.47 Å². The Kier molecular flexibility index (Phi) is 13.1. The smallest absolute Gasteiger partial charge is 0.402 e. The van der Waals surface area contributed by atoms with Crippen molar-refractivity contribution in [2.75, 3.05) is 13.2 Å². The number of carbonyl (C=O) groups is 3. The lowest BCUT2D eigenvalue weighted by Crippen LogP contribution is -2.60. The van der Waals surface area contributed by atoms with Gasteiger partial charge in [0, 0.05) is 18.2 Å². The first-order valence-corrected chi connectivity index (χ1v) is 17.7. The number of fused-ring (bicyclic) bond motifs is 1. The normalized spacial score (nSPS) is 26.9. The molecule has 2 fully saturated rings. The summed E-state index contributed by atoms with van der Waals surface area (Å²) in [5.74, 6) is -6.14. The Morgan fingerprint density at radius 2 is 1.34 bits per heavy atom. The second-order valence-corrected chi connectivity index (χ2v) is 13.4. The molecule has 0 amide bonds. The molecule has 20 heteroatoms. The van der Waals surface area contributed by atoms with Crippen molar-refractivity contribution in [1.82, 2.24) is 0 Å². The number of aliphatic hydroxyl groups is 6. The average molecular weight is 828 g/mol. The van der Waals surface area contributed by atoms with Gasteiger partial charge in [-0.25, -0.2) is 9.21 Å². The van der Waals surface area contributed by atoms with Crippen molar-refractivity contribution >= 4 is 35.0 Å². The SMILES string of the molecule is O=C(O)CC(=O)OC[C@@H]1[C@H](Oc2cc(O)cc3[o+]c(-c4ccc(O)cc4)c(O[C@H]4O[C@@H](COC(=O)/C=C/c5ccc(O)cc5)[C@H](O)[C@@H](O)[C@@H]4O)cc23)O[C@@H](O)[C@H](O)[C@H]1O. The fourth-order valence-electron chi connectivity index (χ4n) is 6.09. The number of aliphatic carboxylic acids is 1. The zero-order valence-electron chi connectivity index (χ0n) is 30.5. The highest BCUT2D eigenvalue weighted by Crippen LogP contribution is 2.42. The van der Waals surface area contributed by atoms with Gasteiger partial charge in [0.1, 0.15) is 78.5 Å². The van der Waals surface area contributed by atoms with E-state index in [0.717, 1.165) is 12.1 Å². The molecular formula is C39H39O20+. The largest absolute Gasteiger partial charge is 0.508 e. The molecule has 0 saturated carbocycles. The van der Waals surface area contributed by atoms with Crippen LogP contribution >= 0.6 is 0 Å². The molecule has 2 aliphatic rings. The second kappa shape index (κ2) is 18.2. The minimum Gasteiger partial charge on any atom is -0.508 e. The topological polar surface area (TPSA) is 320 Å². The van der Waals surface area contributed by atoms with Crippen LogP contribution in [0, 0.1) is 5.92 Å². The van der Waals surface area contributed by atoms with Crippen LogP contribution in [0.5, 0.6) is 28.7 Å². The summed E-state index contributed by atoms with van der Waals surface area (Å²) in [6.45, 7) is -1.37. The lowest BCUT2D eigenvalue weighted by Gasteiger charge is -2.40. The van der Waals surface area contributed by atoms with Gasteiger partial charge in [0.2, 0.25) is 18.3 Å². The van der Waals surface area contributed by atoms with Crippen LogP contribution in [0.25, 0.3) is 28.4 Å². The highest BCUT2D eigenvalue weighted by molar-refractivity contribution is 5.90. The molecule has 0 spiro atoms. The van der Waals surface area contributed by atoms with E-state index in [9.17, 15) is 60.3 Å². The predicted molar refractivity (Wildman–Crippen MR) is 195 cm³/mol. The van der Waals surface area contributed by atoms with Gasteiger partial charge in [-0.3, -0.25) is 9.59 Å². The first-order chi connectivity index (χ1) is 28.1. The molecule has 4 aromatic rings. The van der Waals surface area contributed by atoms with E-state index in [1.807, 2.05) is 0 Å². The maximum atomic E-state index is 12.5. The molecule has 20 nitrogen and oxygen atoms in total. The Morgan fingerprint density at radius 3 is 2.02 bits per heavy atom. The molecule has 314 valence electrons. The quantitative estimate of drug-likeness (QED) is 0.0376. The average Bonchev–Trinajstić information content (AvgIpc) is 3.19. The minimum absolute atomic E-state index is 0.0163. The number of aliphatic hydroxyl groups excluding tert-OH is 6. The molecule has 2 saturated heterocycles. The summed E-state index contributed by atoms with van der Waals surface area (Å²) in [5, 5.41) is 103. The van der Waals surface area contributed by atoms with Crippen LogP contribution in [0.15, 0.2) is 77.2 Å². The number of carbonyl (C=O) groups excluding carboxylic acids is 2. The molecule has 6 rings (SSSR count). The number of esters is 2. The van der Waals surface area contributed by atoms with E-state index in [-0.39, 0.29) is 45.3 Å². The van der Waals surface area contributed by atoms with Gasteiger partial charge in [-0.2, -0.15) is 0 Å². The molecule has 1 aromatic heterocycles. The molecule has 0 radical (unpaired) electrons. The van der Waals surface area contributed by atoms with E-state index in [4.69, 9.17) is 37.9 Å². The highest BCUT2D eigenvalue weighted by atomic mass is 16.7. The first-order valence-electron chi connectivity index (χ1n) is 17.7. The van der Waals surface area contributed by atoms with E-state index in [0.29, 0.717) is 5.56 Å². The molecule has 0 bridgehead atoms. The van der Waals surface area contributed by atoms with Crippen LogP contribution in [0.3, 0.4) is 0 Å².